The van der Waals surface area contributed by atoms with Gasteiger partial charge in [0.1, 0.15) is 10.4 Å². The standard InChI is InChI=1S/C19H19BrN4O4S/c1-12-10-14(20)7-8-15(12)21-19(25)13-4-3-9-24(11-13)29(26,27)17-6-2-5-16-18(17)23-28-22-16/h2,5-8,10,13H,3-4,9,11H2,1H3,(H,21,25)/t13-/m1/s1. The highest BCUT2D eigenvalue weighted by Gasteiger charge is 2.35. The monoisotopic (exact) mass is 478 g/mol. The molecule has 0 spiro atoms. The van der Waals surface area contributed by atoms with Crippen molar-refractivity contribution in [3.63, 3.8) is 0 Å². The number of hydrogen-bond donors (Lipinski definition) is 1. The Balaban J connectivity index is 1.54. The van der Waals surface area contributed by atoms with E-state index in [-0.39, 0.29) is 22.9 Å². The second-order valence-electron chi connectivity index (χ2n) is 7.04. The summed E-state index contributed by atoms with van der Waals surface area (Å²) in [6, 6.07) is 10.3. The van der Waals surface area contributed by atoms with Crippen LogP contribution in [0.2, 0.25) is 0 Å². The van der Waals surface area contributed by atoms with E-state index in [0.717, 1.165) is 15.7 Å². The number of carbonyl (C=O) groups is 1. The fourth-order valence-corrected chi connectivity index (χ4v) is 5.64. The third-order valence-electron chi connectivity index (χ3n) is 5.07. The average molecular weight is 479 g/mol. The predicted octanol–water partition coefficient (Wildman–Crippen LogP) is 3.33. The fraction of sp³-hybridized carbons (Fsp3) is 0.316. The first kappa shape index (κ1) is 20.0. The van der Waals surface area contributed by atoms with E-state index >= 15 is 0 Å². The van der Waals surface area contributed by atoms with Crippen molar-refractivity contribution in [1.82, 2.24) is 14.6 Å². The lowest BCUT2D eigenvalue weighted by molar-refractivity contribution is -0.120. The average Bonchev–Trinajstić information content (AvgIpc) is 3.19. The first-order chi connectivity index (χ1) is 13.9. The van der Waals surface area contributed by atoms with Gasteiger partial charge in [0, 0.05) is 23.2 Å². The highest BCUT2D eigenvalue weighted by molar-refractivity contribution is 9.10. The maximum absolute atomic E-state index is 13.2. The minimum atomic E-state index is -3.83. The first-order valence-corrected chi connectivity index (χ1v) is 11.4. The summed E-state index contributed by atoms with van der Waals surface area (Å²) < 4.78 is 33.4. The van der Waals surface area contributed by atoms with Gasteiger partial charge in [-0.05, 0) is 66.0 Å². The number of rotatable bonds is 4. The van der Waals surface area contributed by atoms with Gasteiger partial charge >= 0.3 is 0 Å². The van der Waals surface area contributed by atoms with Crippen molar-refractivity contribution in [3.05, 3.63) is 46.4 Å². The molecule has 3 aromatic rings. The molecular weight excluding hydrogens is 460 g/mol. The maximum Gasteiger partial charge on any atom is 0.245 e. The first-order valence-electron chi connectivity index (χ1n) is 9.15. The fourth-order valence-electron chi connectivity index (χ4n) is 3.51. The number of benzene rings is 2. The molecule has 8 nitrogen and oxygen atoms in total. The second-order valence-corrected chi connectivity index (χ2v) is 9.86. The summed E-state index contributed by atoms with van der Waals surface area (Å²) in [6.45, 7) is 2.38. The number of amides is 1. The molecule has 1 aliphatic rings. The molecule has 0 saturated carbocycles. The van der Waals surface area contributed by atoms with Crippen LogP contribution in [0.15, 0.2) is 50.4 Å². The summed E-state index contributed by atoms with van der Waals surface area (Å²) in [5, 5.41) is 10.4. The van der Waals surface area contributed by atoms with Crippen molar-refractivity contribution in [2.45, 2.75) is 24.7 Å². The highest BCUT2D eigenvalue weighted by Crippen LogP contribution is 2.28. The van der Waals surface area contributed by atoms with E-state index in [9.17, 15) is 13.2 Å². The van der Waals surface area contributed by atoms with Gasteiger partial charge in [-0.1, -0.05) is 22.0 Å². The Morgan fingerprint density at radius 3 is 2.90 bits per heavy atom. The Labute approximate surface area is 176 Å². The van der Waals surface area contributed by atoms with E-state index < -0.39 is 15.9 Å². The Kier molecular flexibility index (Phi) is 5.41. The molecule has 4 rings (SSSR count). The van der Waals surface area contributed by atoms with Crippen molar-refractivity contribution in [1.29, 1.82) is 0 Å². The van der Waals surface area contributed by atoms with Gasteiger partial charge in [-0.3, -0.25) is 4.79 Å². The molecule has 152 valence electrons. The number of piperidine rings is 1. The number of nitrogens with zero attached hydrogens (tertiary/aromatic N) is 3. The van der Waals surface area contributed by atoms with Crippen LogP contribution in [-0.4, -0.2) is 42.0 Å². The molecule has 10 heteroatoms. The van der Waals surface area contributed by atoms with Gasteiger partial charge in [0.05, 0.1) is 5.92 Å². The molecule has 1 aromatic heterocycles. The normalized spacial score (nSPS) is 18.1. The predicted molar refractivity (Wildman–Crippen MR) is 111 cm³/mol. The van der Waals surface area contributed by atoms with Gasteiger partial charge in [0.2, 0.25) is 15.9 Å². The zero-order chi connectivity index (χ0) is 20.6. The Hall–Kier alpha value is -2.30. The van der Waals surface area contributed by atoms with Crippen LogP contribution >= 0.6 is 15.9 Å². The molecular formula is C19H19BrN4O4S. The van der Waals surface area contributed by atoms with Crippen LogP contribution < -0.4 is 5.32 Å². The zero-order valence-corrected chi connectivity index (χ0v) is 18.0. The van der Waals surface area contributed by atoms with Crippen LogP contribution in [0.3, 0.4) is 0 Å². The summed E-state index contributed by atoms with van der Waals surface area (Å²) in [5.74, 6) is -0.618. The van der Waals surface area contributed by atoms with Gasteiger partial charge in [-0.15, -0.1) is 0 Å². The molecule has 1 atom stereocenters. The number of nitrogens with one attached hydrogen (secondary N) is 1. The molecule has 2 heterocycles. The van der Waals surface area contributed by atoms with E-state index in [2.05, 4.69) is 36.2 Å². The maximum atomic E-state index is 13.2. The van der Waals surface area contributed by atoms with E-state index in [1.807, 2.05) is 25.1 Å². The molecule has 0 bridgehead atoms. The molecule has 0 unspecified atom stereocenters. The third-order valence-corrected chi connectivity index (χ3v) is 7.46. The van der Waals surface area contributed by atoms with Gasteiger partial charge in [-0.2, -0.15) is 4.31 Å². The zero-order valence-electron chi connectivity index (χ0n) is 15.6. The van der Waals surface area contributed by atoms with Crippen LogP contribution in [0.4, 0.5) is 5.69 Å². The van der Waals surface area contributed by atoms with Crippen LogP contribution in [0.1, 0.15) is 18.4 Å². The smallest absolute Gasteiger partial charge is 0.245 e. The van der Waals surface area contributed by atoms with Crippen LogP contribution in [0.25, 0.3) is 11.0 Å². The number of hydrogen-bond acceptors (Lipinski definition) is 6. The number of anilines is 1. The minimum Gasteiger partial charge on any atom is -0.326 e. The highest BCUT2D eigenvalue weighted by atomic mass is 79.9. The quantitative estimate of drug-likeness (QED) is 0.616. The Morgan fingerprint density at radius 2 is 2.10 bits per heavy atom. The number of aryl methyl sites for hydroxylation is 1. The van der Waals surface area contributed by atoms with Crippen molar-refractivity contribution >= 4 is 48.6 Å². The summed E-state index contributed by atoms with van der Waals surface area (Å²) in [7, 11) is -3.83. The SMILES string of the molecule is Cc1cc(Br)ccc1NC(=O)[C@@H]1CCCN(S(=O)(=O)c2cccc3nonc23)C1. The van der Waals surface area contributed by atoms with E-state index in [1.165, 1.54) is 10.4 Å². The lowest BCUT2D eigenvalue weighted by atomic mass is 9.98. The van der Waals surface area contributed by atoms with E-state index in [0.29, 0.717) is 24.9 Å². The molecule has 1 saturated heterocycles. The molecule has 29 heavy (non-hydrogen) atoms. The van der Waals surface area contributed by atoms with Crippen LogP contribution in [-0.2, 0) is 14.8 Å². The largest absolute Gasteiger partial charge is 0.326 e. The lowest BCUT2D eigenvalue weighted by Gasteiger charge is -2.31. The second kappa shape index (κ2) is 7.85. The number of halogens is 1. The summed E-state index contributed by atoms with van der Waals surface area (Å²) in [4.78, 5) is 12.8. The topological polar surface area (TPSA) is 105 Å². The summed E-state index contributed by atoms with van der Waals surface area (Å²) in [6.07, 6.45) is 1.23. The Bertz CT molecular complexity index is 1180. The number of sulfonamides is 1. The summed E-state index contributed by atoms with van der Waals surface area (Å²) in [5.41, 5.74) is 2.22. The molecule has 0 radical (unpaired) electrons. The Morgan fingerprint density at radius 1 is 1.28 bits per heavy atom. The van der Waals surface area contributed by atoms with Crippen molar-refractivity contribution in [2.75, 3.05) is 18.4 Å². The van der Waals surface area contributed by atoms with E-state index in [1.54, 1.807) is 12.1 Å². The summed E-state index contributed by atoms with van der Waals surface area (Å²) >= 11 is 3.40. The van der Waals surface area contributed by atoms with Crippen molar-refractivity contribution < 1.29 is 17.8 Å². The molecule has 1 aliphatic heterocycles. The number of fused-ring (bicyclic) bond motifs is 1. The van der Waals surface area contributed by atoms with Gasteiger partial charge in [-0.25, -0.2) is 13.0 Å². The molecule has 1 fully saturated rings. The van der Waals surface area contributed by atoms with Gasteiger partial charge < -0.3 is 5.32 Å². The van der Waals surface area contributed by atoms with Crippen LogP contribution in [0, 0.1) is 12.8 Å². The van der Waals surface area contributed by atoms with Gasteiger partial charge in [0.15, 0.2) is 5.52 Å². The third kappa shape index (κ3) is 3.92. The number of carbonyl (C=O) groups excluding carboxylic acids is 1. The molecule has 1 amide bonds. The van der Waals surface area contributed by atoms with Crippen molar-refractivity contribution in [2.24, 2.45) is 5.92 Å². The van der Waals surface area contributed by atoms with Crippen molar-refractivity contribution in [3.8, 4) is 0 Å². The number of aromatic nitrogens is 2. The van der Waals surface area contributed by atoms with Crippen LogP contribution in [0.5, 0.6) is 0 Å². The van der Waals surface area contributed by atoms with E-state index in [4.69, 9.17) is 0 Å². The molecule has 1 N–H and O–H groups in total. The van der Waals surface area contributed by atoms with Gasteiger partial charge in [0.25, 0.3) is 0 Å². The molecule has 2 aromatic carbocycles. The lowest BCUT2D eigenvalue weighted by Crippen LogP contribution is -2.43. The molecule has 0 aliphatic carbocycles. The minimum absolute atomic E-state index is 0.0427.